The lowest BCUT2D eigenvalue weighted by molar-refractivity contribution is -0.319. The fraction of sp³-hybridized carbons (Fsp3) is 0.594. The first-order valence-electron chi connectivity index (χ1n) is 43.9. The van der Waals surface area contributed by atoms with Crippen LogP contribution in [-0.2, 0) is 60.8 Å². The van der Waals surface area contributed by atoms with Gasteiger partial charge in [-0.1, -0.05) is 117 Å². The fourth-order valence-electron chi connectivity index (χ4n) is 22.4. The number of piperazine rings is 1. The summed E-state index contributed by atoms with van der Waals surface area (Å²) in [6.45, 7) is 29.4. The Morgan fingerprint density at radius 3 is 2.10 bits per heavy atom. The standard InChI is InChI=1S/C33H41BrN4O5.C27H38N4O2.C19H26N2S.C16H25NO.CH4/c1-17(2)12-25-30(40)37-11-7-10-27(37)33(42)38(25)31(41)32(43-33,18(3)4)15-26(39)19-13-21-20-8-6-9-23-28(20)22(29(34)35-23)14-24(21)36(5)16-19;1-5-12-31-17-19(26(32)21(27(33)28-6-2)10-8-13-30(3)4)14-22-20-9-7-11-23-25(20)18(16-29-23)15-24(22)31;1-3-7-21-11-13(12-22-2)8-16-15-5-4-6-17-19(15)14(10-20-17)9-18(16)21;1-3-10-17(11-4-2)14-8-9-15-13(12-14)6-5-7-16(15)18;/h6,8-9,13,17-19,24-25,27,35,42H,7,10-12,14-16H2,1-5H3;5,7,9,11,16,19,21-22,24,29H,1,6,8,10,12-15,17H2,2-4H3,(H,28,33);4-6,10,13,16,18,20H,3,7-9,11-12H2,1-2H3;5-7,14,18H,3-4,8-12H2,1-2H3;1H4/t19-,24-,25+,27+,32-,33+;19-,21?,22?,24-;13-,16-,18-;;/m111../s1. The molecule has 5 fully saturated rings. The number of hydrogen-bond acceptors (Lipinski definition) is 14. The molecule has 0 spiro atoms. The Morgan fingerprint density at radius 1 is 0.795 bits per heavy atom. The van der Waals surface area contributed by atoms with E-state index >= 15 is 0 Å². The normalized spacial score (nSPS) is 27.2. The number of fused-ring (bicyclic) bond motifs is 10. The maximum absolute atomic E-state index is 14.5. The molecule has 5 saturated heterocycles. The van der Waals surface area contributed by atoms with Crippen LogP contribution >= 0.6 is 27.7 Å². The number of piperidine rings is 2. The molecule has 17 rings (SSSR count). The third-order valence-corrected chi connectivity index (χ3v) is 29.1. The second kappa shape index (κ2) is 37.6. The Bertz CT molecular complexity index is 4730. The quantitative estimate of drug-likeness (QED) is 0.0232. The number of H-pyrrole nitrogens is 3. The van der Waals surface area contributed by atoms with Crippen LogP contribution in [0.1, 0.15) is 196 Å². The number of carbonyl (C=O) groups excluding carboxylic acids is 5. The van der Waals surface area contributed by atoms with Gasteiger partial charge in [-0.05, 0) is 277 Å². The van der Waals surface area contributed by atoms with E-state index in [0.29, 0.717) is 69.3 Å². The molecule has 19 nitrogen and oxygen atoms in total. The molecule has 6 aliphatic heterocycles. The van der Waals surface area contributed by atoms with Gasteiger partial charge < -0.3 is 49.9 Å². The van der Waals surface area contributed by atoms with Crippen LogP contribution in [0, 0.1) is 35.5 Å². The Morgan fingerprint density at radius 2 is 1.46 bits per heavy atom. The predicted octanol–water partition coefficient (Wildman–Crippen LogP) is 15.7. The third-order valence-electron chi connectivity index (χ3n) is 27.6. The number of likely N-dealkylation sites (N-methyl/N-ethyl adjacent to an activating group) is 1. The van der Waals surface area contributed by atoms with E-state index in [1.807, 2.05) is 84.8 Å². The van der Waals surface area contributed by atoms with Gasteiger partial charge in [-0.15, -0.1) is 6.58 Å². The van der Waals surface area contributed by atoms with E-state index in [0.717, 1.165) is 91.1 Å². The summed E-state index contributed by atoms with van der Waals surface area (Å²) in [6, 6.07) is 26.0. The molecule has 9 heterocycles. The summed E-state index contributed by atoms with van der Waals surface area (Å²) in [4.78, 5) is 94.7. The summed E-state index contributed by atoms with van der Waals surface area (Å²) in [5.74, 6) is -0.384. The lowest BCUT2D eigenvalue weighted by Gasteiger charge is -2.49. The van der Waals surface area contributed by atoms with Crippen molar-refractivity contribution in [2.75, 3.05) is 98.6 Å². The van der Waals surface area contributed by atoms with Crippen molar-refractivity contribution in [3.8, 4) is 5.75 Å². The highest BCUT2D eigenvalue weighted by Crippen LogP contribution is 2.53. The van der Waals surface area contributed by atoms with E-state index in [2.05, 4.69) is 174 Å². The minimum atomic E-state index is -1.95. The van der Waals surface area contributed by atoms with E-state index in [1.165, 1.54) is 136 Å². The molecule has 634 valence electrons. The molecule has 4 aromatic carbocycles. The zero-order chi connectivity index (χ0) is 82.2. The Hall–Kier alpha value is -6.92. The largest absolute Gasteiger partial charge is 0.508 e. The predicted molar refractivity (Wildman–Crippen MR) is 479 cm³/mol. The molecule has 0 bridgehead atoms. The van der Waals surface area contributed by atoms with Crippen molar-refractivity contribution < 1.29 is 38.9 Å². The lowest BCUT2D eigenvalue weighted by Crippen LogP contribution is -2.71. The van der Waals surface area contributed by atoms with Gasteiger partial charge in [0.15, 0.2) is 5.60 Å². The van der Waals surface area contributed by atoms with Crippen LogP contribution < -0.4 is 5.32 Å². The number of rotatable bonds is 25. The van der Waals surface area contributed by atoms with Crippen molar-refractivity contribution in [1.82, 2.24) is 54.6 Å². The van der Waals surface area contributed by atoms with E-state index in [4.69, 9.17) is 4.74 Å². The summed E-state index contributed by atoms with van der Waals surface area (Å²) >= 11 is 5.72. The highest BCUT2D eigenvalue weighted by Gasteiger charge is 2.71. The maximum Gasteiger partial charge on any atom is 0.274 e. The molecule has 3 amide bonds. The van der Waals surface area contributed by atoms with Crippen molar-refractivity contribution in [1.29, 1.82) is 0 Å². The van der Waals surface area contributed by atoms with Gasteiger partial charge >= 0.3 is 0 Å². The number of likely N-dealkylation sites (tertiary alicyclic amines) is 2. The summed E-state index contributed by atoms with van der Waals surface area (Å²) < 4.78 is 7.55. The Kier molecular flexibility index (Phi) is 28.2. The first-order valence-corrected chi connectivity index (χ1v) is 46.1. The number of ketones is 2. The number of aromatic hydroxyl groups is 1. The molecule has 14 atom stereocenters. The number of Topliss-reactive ketones (excluding diaryl/α,β-unsaturated/α-hetero) is 2. The number of aliphatic hydroxyl groups is 1. The molecule has 117 heavy (non-hydrogen) atoms. The van der Waals surface area contributed by atoms with Crippen LogP contribution in [0.3, 0.4) is 0 Å². The number of aromatic amines is 3. The van der Waals surface area contributed by atoms with Gasteiger partial charge in [0, 0.05) is 139 Å². The fourth-order valence-corrected chi connectivity index (χ4v) is 23.6. The number of aromatic nitrogens is 3. The van der Waals surface area contributed by atoms with Crippen molar-refractivity contribution in [2.24, 2.45) is 35.5 Å². The number of phenols is 1. The van der Waals surface area contributed by atoms with Crippen molar-refractivity contribution in [3.63, 3.8) is 0 Å². The number of ether oxygens (including phenoxy) is 1. The monoisotopic (exact) mass is 1680 g/mol. The molecule has 0 radical (unpaired) electrons. The Labute approximate surface area is 708 Å². The second-order valence-electron chi connectivity index (χ2n) is 36.3. The van der Waals surface area contributed by atoms with Crippen LogP contribution in [0.4, 0.5) is 0 Å². The number of thioether (sulfide) groups is 1. The summed E-state index contributed by atoms with van der Waals surface area (Å²) in [5, 5.41) is 29.0. The average molecular weight is 1680 g/mol. The lowest BCUT2D eigenvalue weighted by atomic mass is 9.70. The number of phenolic OH excluding ortho intramolecular Hbond substituents is 1. The first kappa shape index (κ1) is 87.9. The van der Waals surface area contributed by atoms with Gasteiger partial charge in [-0.25, -0.2) is 0 Å². The number of amides is 3. The zero-order valence-corrected chi connectivity index (χ0v) is 73.5. The summed E-state index contributed by atoms with van der Waals surface area (Å²) in [6.07, 6.45) is 25.9. The van der Waals surface area contributed by atoms with Gasteiger partial charge in [0.25, 0.3) is 11.8 Å². The van der Waals surface area contributed by atoms with Crippen LogP contribution in [0.25, 0.3) is 38.3 Å². The highest BCUT2D eigenvalue weighted by atomic mass is 79.9. The molecule has 0 saturated carbocycles. The van der Waals surface area contributed by atoms with Crippen LogP contribution in [0.5, 0.6) is 5.75 Å². The molecular weight excluding hydrogens is 1550 g/mol. The van der Waals surface area contributed by atoms with Crippen LogP contribution in [-0.4, -0.2) is 235 Å². The van der Waals surface area contributed by atoms with E-state index in [-0.39, 0.29) is 61.0 Å². The molecule has 21 heteroatoms. The third kappa shape index (κ3) is 17.3. The molecule has 3 aromatic heterocycles. The van der Waals surface area contributed by atoms with Crippen molar-refractivity contribution in [3.05, 3.63) is 153 Å². The van der Waals surface area contributed by atoms with Crippen molar-refractivity contribution >= 4 is 95.3 Å². The molecule has 4 aliphatic carbocycles. The molecule has 7 aromatic rings. The van der Waals surface area contributed by atoms with E-state index in [9.17, 15) is 34.2 Å². The molecule has 6 N–H and O–H groups in total. The van der Waals surface area contributed by atoms with Gasteiger partial charge in [0.2, 0.25) is 11.8 Å². The number of benzene rings is 4. The minimum Gasteiger partial charge on any atom is -0.508 e. The highest BCUT2D eigenvalue weighted by molar-refractivity contribution is 9.10. The minimum absolute atomic E-state index is 0. The van der Waals surface area contributed by atoms with Crippen LogP contribution in [0.15, 0.2) is 109 Å². The van der Waals surface area contributed by atoms with Gasteiger partial charge in [0.05, 0.1) is 10.5 Å². The number of hydrogen-bond donors (Lipinski definition) is 6. The van der Waals surface area contributed by atoms with Gasteiger partial charge in [-0.3, -0.25) is 43.6 Å². The number of carbonyl (C=O) groups is 5. The zero-order valence-electron chi connectivity index (χ0n) is 71.1. The smallest absolute Gasteiger partial charge is 0.274 e. The van der Waals surface area contributed by atoms with E-state index in [1.54, 1.807) is 10.5 Å². The summed E-state index contributed by atoms with van der Waals surface area (Å²) in [5.41, 5.74) is 13.9. The Balaban J connectivity index is 0.000000142. The van der Waals surface area contributed by atoms with Crippen LogP contribution in [0.2, 0.25) is 0 Å². The SMILES string of the molecule is C.C=CCN1C[C@H](C(=O)C(CCCN(C)C)C(=O)NCC)CC2c3cccc4[nH]cc(c34)C[C@H]21.CC(C)C[C@H]1C(=O)N2CCC[C@H]2[C@]2(O)O[C@](CC(=O)[C@@H]3C=C4c5cccc6[nH]c(Br)c(c56)C[C@H]4N(C)C3)(C(C)C)C(=O)N12.CCCN(CCC)C1CCc2c(O)cccc2C1.CCCN1C[C@H](CSC)C[C@@H]2c3cccc4[nH]cc(c34)C[C@H]21. The second-order valence-corrected chi connectivity index (χ2v) is 38.0. The number of nitrogens with zero attached hydrogens (tertiary/aromatic N) is 7. The molecular formula is C96H134BrN11O8S. The summed E-state index contributed by atoms with van der Waals surface area (Å²) in [7, 11) is 6.10. The topological polar surface area (TPSA) is 217 Å². The van der Waals surface area contributed by atoms with Crippen molar-refractivity contribution in [2.45, 2.75) is 232 Å². The van der Waals surface area contributed by atoms with Gasteiger partial charge in [0.1, 0.15) is 29.4 Å². The first-order chi connectivity index (χ1) is 55.9. The number of halogens is 1. The molecule has 10 aliphatic rings. The van der Waals surface area contributed by atoms with E-state index < -0.39 is 47.3 Å². The number of nitrogens with one attached hydrogen (secondary N) is 4. The van der Waals surface area contributed by atoms with Gasteiger partial charge in [-0.2, -0.15) is 11.8 Å². The maximum atomic E-state index is 14.5. The molecule has 3 unspecified atom stereocenters. The average Bonchev–Trinajstić information content (AvgIpc) is 1.53.